The summed E-state index contributed by atoms with van der Waals surface area (Å²) in [5, 5.41) is 18.0. The third-order valence-corrected chi connectivity index (χ3v) is 1.95. The van der Waals surface area contributed by atoms with Gasteiger partial charge in [-0.3, -0.25) is 5.84 Å². The highest BCUT2D eigenvalue weighted by atomic mass is 19.3. The number of aliphatic hydroxyl groups is 1. The minimum atomic E-state index is -3.08. The third-order valence-electron chi connectivity index (χ3n) is 1.95. The molecule has 1 unspecified atom stereocenters. The van der Waals surface area contributed by atoms with E-state index in [1.165, 1.54) is 18.2 Å². The van der Waals surface area contributed by atoms with Gasteiger partial charge in [-0.15, -0.1) is 0 Å². The molecule has 0 spiro atoms. The molecular weight excluding hydrogens is 238 g/mol. The normalized spacial score (nSPS) is 12.3. The molecule has 8 heteroatoms. The Bertz CT molecular complexity index is 414. The van der Waals surface area contributed by atoms with E-state index in [0.717, 1.165) is 0 Å². The quantitative estimate of drug-likeness (QED) is 0.451. The van der Waals surface area contributed by atoms with E-state index in [4.69, 9.17) is 10.9 Å². The van der Waals surface area contributed by atoms with E-state index in [2.05, 4.69) is 4.74 Å². The average Bonchev–Trinajstić information content (AvgIpc) is 2.26. The van der Waals surface area contributed by atoms with Crippen molar-refractivity contribution in [2.75, 3.05) is 5.43 Å². The van der Waals surface area contributed by atoms with Gasteiger partial charge in [0.25, 0.3) is 0 Å². The molecular formula is C9H10F2N2O4. The van der Waals surface area contributed by atoms with Crippen molar-refractivity contribution in [3.63, 3.8) is 0 Å². The molecule has 0 amide bonds. The lowest BCUT2D eigenvalue weighted by Crippen LogP contribution is -2.17. The Morgan fingerprint density at radius 2 is 2.12 bits per heavy atom. The van der Waals surface area contributed by atoms with Crippen molar-refractivity contribution in [2.24, 2.45) is 5.84 Å². The SMILES string of the molecule is NNc1c(OC(F)F)cccc1C(O)C(=O)O. The third kappa shape index (κ3) is 3.02. The van der Waals surface area contributed by atoms with Crippen molar-refractivity contribution in [1.29, 1.82) is 0 Å². The Balaban J connectivity index is 3.18. The van der Waals surface area contributed by atoms with Gasteiger partial charge in [0.1, 0.15) is 0 Å². The number of aliphatic carboxylic acids is 1. The van der Waals surface area contributed by atoms with Gasteiger partial charge in [-0.2, -0.15) is 8.78 Å². The van der Waals surface area contributed by atoms with Gasteiger partial charge in [0.05, 0.1) is 5.69 Å². The number of hydrogen-bond donors (Lipinski definition) is 4. The van der Waals surface area contributed by atoms with Crippen LogP contribution in [0.4, 0.5) is 14.5 Å². The predicted octanol–water partition coefficient (Wildman–Crippen LogP) is 0.692. The molecule has 1 rings (SSSR count). The zero-order valence-electron chi connectivity index (χ0n) is 8.43. The van der Waals surface area contributed by atoms with Gasteiger partial charge in [0.15, 0.2) is 11.9 Å². The Morgan fingerprint density at radius 3 is 2.59 bits per heavy atom. The van der Waals surface area contributed by atoms with E-state index in [0.29, 0.717) is 0 Å². The summed E-state index contributed by atoms with van der Waals surface area (Å²) in [6, 6.07) is 3.66. The first kappa shape index (κ1) is 13.1. The van der Waals surface area contributed by atoms with Crippen LogP contribution in [0.3, 0.4) is 0 Å². The molecule has 0 fully saturated rings. The van der Waals surface area contributed by atoms with Gasteiger partial charge in [0, 0.05) is 5.56 Å². The van der Waals surface area contributed by atoms with Crippen molar-refractivity contribution >= 4 is 11.7 Å². The maximum atomic E-state index is 12.1. The Hall–Kier alpha value is -1.93. The molecule has 0 aliphatic rings. The van der Waals surface area contributed by atoms with Crippen LogP contribution in [0.2, 0.25) is 0 Å². The largest absolute Gasteiger partial charge is 0.479 e. The second kappa shape index (κ2) is 5.41. The lowest BCUT2D eigenvalue weighted by molar-refractivity contribution is -0.146. The van der Waals surface area contributed by atoms with Gasteiger partial charge < -0.3 is 20.4 Å². The number of carboxylic acids is 1. The van der Waals surface area contributed by atoms with E-state index < -0.39 is 18.7 Å². The molecule has 0 saturated heterocycles. The molecule has 1 atom stereocenters. The summed E-state index contributed by atoms with van der Waals surface area (Å²) in [6.45, 7) is -3.08. The number of nitrogen functional groups attached to an aromatic ring is 1. The van der Waals surface area contributed by atoms with Crippen LogP contribution in [0, 0.1) is 0 Å². The summed E-state index contributed by atoms with van der Waals surface area (Å²) in [7, 11) is 0. The number of carboxylic acid groups (broad SMARTS) is 1. The summed E-state index contributed by atoms with van der Waals surface area (Å²) >= 11 is 0. The van der Waals surface area contributed by atoms with Crippen molar-refractivity contribution in [2.45, 2.75) is 12.7 Å². The number of nitrogens with two attached hydrogens (primary N) is 1. The van der Waals surface area contributed by atoms with Crippen molar-refractivity contribution in [3.8, 4) is 5.75 Å². The number of ether oxygens (including phenoxy) is 1. The lowest BCUT2D eigenvalue weighted by atomic mass is 10.1. The summed E-state index contributed by atoms with van der Waals surface area (Å²) in [6.07, 6.45) is -1.89. The van der Waals surface area contributed by atoms with E-state index in [1.54, 1.807) is 0 Å². The molecule has 0 bridgehead atoms. The molecule has 94 valence electrons. The number of carbonyl (C=O) groups is 1. The summed E-state index contributed by atoms with van der Waals surface area (Å²) in [5.41, 5.74) is 1.65. The molecule has 17 heavy (non-hydrogen) atoms. The van der Waals surface area contributed by atoms with Crippen LogP contribution in [0.15, 0.2) is 18.2 Å². The number of hydrazine groups is 1. The van der Waals surface area contributed by atoms with E-state index in [-0.39, 0.29) is 17.0 Å². The van der Waals surface area contributed by atoms with Crippen LogP contribution in [0.25, 0.3) is 0 Å². The highest BCUT2D eigenvalue weighted by molar-refractivity contribution is 5.78. The number of rotatable bonds is 5. The van der Waals surface area contributed by atoms with Crippen LogP contribution < -0.4 is 16.0 Å². The van der Waals surface area contributed by atoms with Gasteiger partial charge in [0.2, 0.25) is 0 Å². The van der Waals surface area contributed by atoms with E-state index in [9.17, 15) is 18.7 Å². The summed E-state index contributed by atoms with van der Waals surface area (Å²) in [4.78, 5) is 10.6. The minimum absolute atomic E-state index is 0.168. The highest BCUT2D eigenvalue weighted by Crippen LogP contribution is 2.32. The Kier molecular flexibility index (Phi) is 4.18. The fourth-order valence-corrected chi connectivity index (χ4v) is 1.26. The molecule has 0 heterocycles. The first-order valence-electron chi connectivity index (χ1n) is 4.42. The standard InChI is InChI=1S/C9H10F2N2O4/c10-9(11)17-5-3-1-2-4(6(5)13-12)7(14)8(15)16/h1-3,7,9,13-14H,12H2,(H,15,16). The second-order valence-electron chi connectivity index (χ2n) is 2.98. The van der Waals surface area contributed by atoms with Crippen molar-refractivity contribution in [1.82, 2.24) is 0 Å². The number of anilines is 1. The van der Waals surface area contributed by atoms with Crippen molar-refractivity contribution in [3.05, 3.63) is 23.8 Å². The molecule has 0 aromatic heterocycles. The fraction of sp³-hybridized carbons (Fsp3) is 0.222. The molecule has 0 aliphatic carbocycles. The zero-order valence-corrected chi connectivity index (χ0v) is 8.43. The topological polar surface area (TPSA) is 105 Å². The number of hydrogen-bond acceptors (Lipinski definition) is 5. The summed E-state index contributed by atoms with van der Waals surface area (Å²) in [5.74, 6) is 3.21. The number of halogens is 2. The van der Waals surface area contributed by atoms with Crippen LogP contribution >= 0.6 is 0 Å². The minimum Gasteiger partial charge on any atom is -0.479 e. The van der Waals surface area contributed by atoms with Crippen molar-refractivity contribution < 1.29 is 28.5 Å². The molecule has 6 nitrogen and oxygen atoms in total. The second-order valence-corrected chi connectivity index (χ2v) is 2.98. The first-order valence-corrected chi connectivity index (χ1v) is 4.42. The number of alkyl halides is 2. The number of para-hydroxylation sites is 1. The first-order chi connectivity index (χ1) is 7.97. The monoisotopic (exact) mass is 248 g/mol. The average molecular weight is 248 g/mol. The van der Waals surface area contributed by atoms with Gasteiger partial charge in [-0.25, -0.2) is 4.79 Å². The van der Waals surface area contributed by atoms with Crippen LogP contribution in [-0.2, 0) is 4.79 Å². The highest BCUT2D eigenvalue weighted by Gasteiger charge is 2.22. The van der Waals surface area contributed by atoms with Crippen LogP contribution in [0.5, 0.6) is 5.75 Å². The van der Waals surface area contributed by atoms with E-state index in [1.807, 2.05) is 5.43 Å². The Morgan fingerprint density at radius 1 is 1.47 bits per heavy atom. The zero-order chi connectivity index (χ0) is 13.0. The number of nitrogens with one attached hydrogen (secondary N) is 1. The molecule has 0 radical (unpaired) electrons. The summed E-state index contributed by atoms with van der Waals surface area (Å²) < 4.78 is 28.2. The number of aliphatic hydroxyl groups excluding tert-OH is 1. The predicted molar refractivity (Wildman–Crippen MR) is 53.5 cm³/mol. The van der Waals surface area contributed by atoms with Gasteiger partial charge in [-0.05, 0) is 6.07 Å². The molecule has 0 aliphatic heterocycles. The fourth-order valence-electron chi connectivity index (χ4n) is 1.26. The molecule has 0 saturated carbocycles. The lowest BCUT2D eigenvalue weighted by Gasteiger charge is -2.15. The smallest absolute Gasteiger partial charge is 0.387 e. The van der Waals surface area contributed by atoms with Gasteiger partial charge in [-0.1, -0.05) is 12.1 Å². The maximum Gasteiger partial charge on any atom is 0.387 e. The van der Waals surface area contributed by atoms with Crippen LogP contribution in [0.1, 0.15) is 11.7 Å². The van der Waals surface area contributed by atoms with Gasteiger partial charge >= 0.3 is 12.6 Å². The number of benzene rings is 1. The molecule has 5 N–H and O–H groups in total. The van der Waals surface area contributed by atoms with E-state index >= 15 is 0 Å². The molecule has 1 aromatic rings. The Labute approximate surface area is 94.6 Å². The van der Waals surface area contributed by atoms with Crippen LogP contribution in [-0.4, -0.2) is 22.8 Å². The maximum absolute atomic E-state index is 12.1. The molecule has 1 aromatic carbocycles.